The minimum absolute atomic E-state index is 0.222. The van der Waals surface area contributed by atoms with Crippen molar-refractivity contribution in [1.29, 1.82) is 0 Å². The smallest absolute Gasteiger partial charge is 0.117 e. The van der Waals surface area contributed by atoms with Crippen LogP contribution in [0.25, 0.3) is 0 Å². The van der Waals surface area contributed by atoms with Crippen LogP contribution >= 0.6 is 0 Å². The van der Waals surface area contributed by atoms with E-state index < -0.39 is 0 Å². The normalized spacial score (nSPS) is 19.4. The molecular weight excluding hydrogens is 292 g/mol. The van der Waals surface area contributed by atoms with Gasteiger partial charge in [0.15, 0.2) is 0 Å². The third-order valence-corrected chi connectivity index (χ3v) is 3.59. The summed E-state index contributed by atoms with van der Waals surface area (Å²) in [5.41, 5.74) is 0. The molecule has 1 heteroatoms. The first-order valence-electron chi connectivity index (χ1n) is 9.10. The van der Waals surface area contributed by atoms with Crippen LogP contribution in [0.4, 0.5) is 0 Å². The fourth-order valence-corrected chi connectivity index (χ4v) is 2.27. The van der Waals surface area contributed by atoms with Gasteiger partial charge in [-0.2, -0.15) is 0 Å². The van der Waals surface area contributed by atoms with Gasteiger partial charge in [-0.1, -0.05) is 80.3 Å². The lowest BCUT2D eigenvalue weighted by molar-refractivity contribution is 0.203. The second-order valence-corrected chi connectivity index (χ2v) is 5.78. The van der Waals surface area contributed by atoms with E-state index in [1.807, 2.05) is 0 Å². The van der Waals surface area contributed by atoms with Crippen molar-refractivity contribution in [2.75, 3.05) is 0 Å². The minimum atomic E-state index is 0.222. The van der Waals surface area contributed by atoms with Gasteiger partial charge >= 0.3 is 0 Å². The van der Waals surface area contributed by atoms with Gasteiger partial charge in [-0.25, -0.2) is 0 Å². The summed E-state index contributed by atoms with van der Waals surface area (Å²) in [5.74, 6) is 0.911. The van der Waals surface area contributed by atoms with Crippen LogP contribution in [0.5, 0.6) is 0 Å². The molecule has 1 fully saturated rings. The van der Waals surface area contributed by atoms with Gasteiger partial charge in [0.2, 0.25) is 0 Å². The molecule has 1 saturated heterocycles. The monoisotopic (exact) mass is 324 g/mol. The van der Waals surface area contributed by atoms with Crippen LogP contribution in [0.15, 0.2) is 85.3 Å². The number of hydrogen-bond donors (Lipinski definition) is 0. The molecule has 0 saturated carbocycles. The zero-order valence-electron chi connectivity index (χ0n) is 15.1. The van der Waals surface area contributed by atoms with Crippen molar-refractivity contribution in [2.24, 2.45) is 0 Å². The fourth-order valence-electron chi connectivity index (χ4n) is 2.27. The Morgan fingerprint density at radius 2 is 1.38 bits per heavy atom. The largest absolute Gasteiger partial charge is 0.491 e. The van der Waals surface area contributed by atoms with Gasteiger partial charge in [0.05, 0.1) is 5.76 Å². The fraction of sp³-hybridized carbons (Fsp3) is 0.391. The highest BCUT2D eigenvalue weighted by molar-refractivity contribution is 5.09. The molecule has 0 aromatic carbocycles. The molecule has 0 spiro atoms. The molecule has 1 rings (SSSR count). The molecule has 1 atom stereocenters. The van der Waals surface area contributed by atoms with Crippen LogP contribution in [0.1, 0.15) is 51.9 Å². The summed E-state index contributed by atoms with van der Waals surface area (Å²) >= 11 is 0. The predicted molar refractivity (Wildman–Crippen MR) is 107 cm³/mol. The van der Waals surface area contributed by atoms with Crippen LogP contribution in [0.3, 0.4) is 0 Å². The molecule has 130 valence electrons. The molecule has 1 aliphatic heterocycles. The molecule has 0 aromatic rings. The van der Waals surface area contributed by atoms with Crippen molar-refractivity contribution < 1.29 is 4.74 Å². The molecule has 0 unspecified atom stereocenters. The van der Waals surface area contributed by atoms with Crippen molar-refractivity contribution >= 4 is 0 Å². The molecule has 0 radical (unpaired) electrons. The second-order valence-electron chi connectivity index (χ2n) is 5.78. The number of hydrogen-bond acceptors (Lipinski definition) is 1. The van der Waals surface area contributed by atoms with E-state index in [1.54, 1.807) is 0 Å². The van der Waals surface area contributed by atoms with E-state index in [0.717, 1.165) is 50.7 Å². The maximum atomic E-state index is 5.54. The van der Waals surface area contributed by atoms with E-state index in [9.17, 15) is 0 Å². The summed E-state index contributed by atoms with van der Waals surface area (Å²) in [6.07, 6.45) is 33.6. The summed E-state index contributed by atoms with van der Waals surface area (Å²) in [4.78, 5) is 0. The van der Waals surface area contributed by atoms with Crippen molar-refractivity contribution in [3.8, 4) is 0 Å². The van der Waals surface area contributed by atoms with Crippen LogP contribution in [-0.2, 0) is 4.74 Å². The third-order valence-electron chi connectivity index (χ3n) is 3.59. The molecule has 0 N–H and O–H groups in total. The Morgan fingerprint density at radius 3 is 1.88 bits per heavy atom. The second kappa shape index (κ2) is 14.6. The summed E-state index contributed by atoms with van der Waals surface area (Å²) in [5, 5.41) is 0. The molecule has 1 aliphatic rings. The average Bonchev–Trinajstić information content (AvgIpc) is 3.00. The first-order valence-corrected chi connectivity index (χ1v) is 9.10. The van der Waals surface area contributed by atoms with Gasteiger partial charge in [0.25, 0.3) is 0 Å². The molecule has 24 heavy (non-hydrogen) atoms. The van der Waals surface area contributed by atoms with Gasteiger partial charge < -0.3 is 4.74 Å². The maximum Gasteiger partial charge on any atom is 0.117 e. The quantitative estimate of drug-likeness (QED) is 0.294. The van der Waals surface area contributed by atoms with Gasteiger partial charge in [0, 0.05) is 6.42 Å². The zero-order chi connectivity index (χ0) is 17.3. The highest BCUT2D eigenvalue weighted by Crippen LogP contribution is 2.21. The maximum absolute atomic E-state index is 5.54. The molecule has 0 bridgehead atoms. The summed E-state index contributed by atoms with van der Waals surface area (Å²) in [6.45, 7) is 5.99. The van der Waals surface area contributed by atoms with Crippen LogP contribution < -0.4 is 0 Å². The highest BCUT2D eigenvalue weighted by Gasteiger charge is 2.14. The van der Waals surface area contributed by atoms with Gasteiger partial charge in [-0.05, 0) is 44.6 Å². The van der Waals surface area contributed by atoms with Crippen molar-refractivity contribution in [3.63, 3.8) is 0 Å². The molecule has 1 heterocycles. The number of ether oxygens (including phenoxy) is 1. The molecule has 1 nitrogen and oxygen atoms in total. The molecular formula is C23H32O. The molecule has 0 aliphatic carbocycles. The minimum Gasteiger partial charge on any atom is -0.491 e. The third kappa shape index (κ3) is 11.5. The Bertz CT molecular complexity index is 500. The van der Waals surface area contributed by atoms with E-state index in [0.29, 0.717) is 0 Å². The summed E-state index contributed by atoms with van der Waals surface area (Å²) in [7, 11) is 0. The topological polar surface area (TPSA) is 9.23 Å². The highest BCUT2D eigenvalue weighted by atomic mass is 16.5. The first-order chi connectivity index (χ1) is 11.8. The van der Waals surface area contributed by atoms with Crippen LogP contribution in [0, 0.1) is 0 Å². The van der Waals surface area contributed by atoms with Gasteiger partial charge in [0.1, 0.15) is 6.10 Å². The number of allylic oxidation sites excluding steroid dienone is 12. The lowest BCUT2D eigenvalue weighted by Crippen LogP contribution is -1.97. The van der Waals surface area contributed by atoms with Gasteiger partial charge in [-0.15, -0.1) is 0 Å². The Balaban J connectivity index is 2.00. The lowest BCUT2D eigenvalue weighted by Gasteiger charge is -2.02. The van der Waals surface area contributed by atoms with Crippen molar-refractivity contribution in [2.45, 2.75) is 58.0 Å². The first kappa shape index (κ1) is 20.0. The summed E-state index contributed by atoms with van der Waals surface area (Å²) < 4.78 is 5.54. The van der Waals surface area contributed by atoms with E-state index in [1.165, 1.54) is 0 Å². The standard InChI is InChI=1S/C23H32O/c1-3-4-5-6-7-8-9-10-11-12-13-14-15-16-17-18-19-23-21-20-22(2)24-23/h4-5,7-8,10-11,13-14,16-19,23H,2-3,6,9,12,15,20-21H2,1H3/b5-4-,8-7-,11-10-,14-13-,17-16-,19-18+/t23-/m1/s1. The van der Waals surface area contributed by atoms with Crippen LogP contribution in [-0.4, -0.2) is 6.10 Å². The van der Waals surface area contributed by atoms with E-state index in [4.69, 9.17) is 4.74 Å². The van der Waals surface area contributed by atoms with Crippen LogP contribution in [0.2, 0.25) is 0 Å². The number of rotatable bonds is 11. The zero-order valence-corrected chi connectivity index (χ0v) is 15.1. The SMILES string of the molecule is C=C1CC[C@@H](/C=C/C=C\C/C=C\C/C=C\C/C=C\C/C=C\CC)O1. The predicted octanol–water partition coefficient (Wildman–Crippen LogP) is 6.99. The Kier molecular flexibility index (Phi) is 12.2. The van der Waals surface area contributed by atoms with E-state index >= 15 is 0 Å². The van der Waals surface area contributed by atoms with Crippen molar-refractivity contribution in [3.05, 3.63) is 85.3 Å². The Labute approximate surface area is 148 Å². The summed E-state index contributed by atoms with van der Waals surface area (Å²) in [6, 6.07) is 0. The van der Waals surface area contributed by atoms with E-state index in [2.05, 4.69) is 86.4 Å². The van der Waals surface area contributed by atoms with Crippen molar-refractivity contribution in [1.82, 2.24) is 0 Å². The Hall–Kier alpha value is -2.02. The molecule has 0 aromatic heterocycles. The van der Waals surface area contributed by atoms with Gasteiger partial charge in [-0.3, -0.25) is 0 Å². The lowest BCUT2D eigenvalue weighted by atomic mass is 10.2. The molecule has 0 amide bonds. The van der Waals surface area contributed by atoms with E-state index in [-0.39, 0.29) is 6.10 Å². The Morgan fingerprint density at radius 1 is 0.833 bits per heavy atom. The average molecular weight is 325 g/mol.